The summed E-state index contributed by atoms with van der Waals surface area (Å²) in [4.78, 5) is 13.8. The van der Waals surface area contributed by atoms with Crippen LogP contribution in [0.3, 0.4) is 0 Å². The molecule has 2 rings (SSSR count). The van der Waals surface area contributed by atoms with Crippen LogP contribution in [-0.2, 0) is 4.79 Å². The first-order valence-corrected chi connectivity index (χ1v) is 6.67. The normalized spacial score (nSPS) is 13.6. The Morgan fingerprint density at radius 2 is 1.50 bits per heavy atom. The van der Waals surface area contributed by atoms with Crippen LogP contribution in [0.15, 0.2) is 60.7 Å². The van der Waals surface area contributed by atoms with E-state index in [1.165, 1.54) is 4.90 Å². The lowest BCUT2D eigenvalue weighted by Gasteiger charge is -2.24. The number of nitrogens with zero attached hydrogens (tertiary/aromatic N) is 1. The molecule has 3 heteroatoms. The predicted octanol–water partition coefficient (Wildman–Crippen LogP) is 2.81. The van der Waals surface area contributed by atoms with E-state index in [-0.39, 0.29) is 11.8 Å². The van der Waals surface area contributed by atoms with Crippen LogP contribution in [0.4, 0.5) is 5.69 Å². The minimum atomic E-state index is -1.05. The van der Waals surface area contributed by atoms with Crippen LogP contribution in [0, 0.1) is 0 Å². The van der Waals surface area contributed by atoms with Crippen molar-refractivity contribution in [3.05, 3.63) is 66.2 Å². The molecule has 0 spiro atoms. The highest BCUT2D eigenvalue weighted by molar-refractivity contribution is 5.96. The lowest BCUT2D eigenvalue weighted by atomic mass is 9.94. The maximum absolute atomic E-state index is 12.3. The van der Waals surface area contributed by atoms with Gasteiger partial charge in [-0.2, -0.15) is 0 Å². The summed E-state index contributed by atoms with van der Waals surface area (Å²) in [6.45, 7) is 1.86. The monoisotopic (exact) mass is 269 g/mol. The number of anilines is 1. The summed E-state index contributed by atoms with van der Waals surface area (Å²) < 4.78 is 0. The second-order valence-corrected chi connectivity index (χ2v) is 4.88. The largest absolute Gasteiger partial charge is 0.383 e. The average Bonchev–Trinajstić information content (AvgIpc) is 2.53. The molecule has 20 heavy (non-hydrogen) atoms. The quantitative estimate of drug-likeness (QED) is 0.927. The van der Waals surface area contributed by atoms with Gasteiger partial charge < -0.3 is 10.0 Å². The molecule has 2 unspecified atom stereocenters. The maximum atomic E-state index is 12.3. The molecule has 0 radical (unpaired) electrons. The van der Waals surface area contributed by atoms with Gasteiger partial charge in [-0.3, -0.25) is 4.79 Å². The Bertz CT molecular complexity index is 554. The van der Waals surface area contributed by atoms with Gasteiger partial charge in [-0.1, -0.05) is 55.5 Å². The Morgan fingerprint density at radius 1 is 1.00 bits per heavy atom. The Hall–Kier alpha value is -2.13. The number of aliphatic hydroxyl groups excluding tert-OH is 1. The standard InChI is InChI=1S/C17H19NO2/c1-13(14-9-5-3-6-10-14)16(19)17(20)18(2)15-11-7-4-8-12-15/h3-13,16,19H,1-2H3. The number of hydrogen-bond donors (Lipinski definition) is 1. The molecule has 0 saturated heterocycles. The molecule has 2 aromatic carbocycles. The van der Waals surface area contributed by atoms with Crippen molar-refractivity contribution in [2.75, 3.05) is 11.9 Å². The zero-order valence-corrected chi connectivity index (χ0v) is 11.7. The number of carbonyl (C=O) groups is 1. The SMILES string of the molecule is CC(c1ccccc1)C(O)C(=O)N(C)c1ccccc1. The highest BCUT2D eigenvalue weighted by Crippen LogP contribution is 2.22. The van der Waals surface area contributed by atoms with Gasteiger partial charge in [0.1, 0.15) is 6.10 Å². The van der Waals surface area contributed by atoms with Gasteiger partial charge in [-0.05, 0) is 17.7 Å². The van der Waals surface area contributed by atoms with Crippen molar-refractivity contribution in [2.45, 2.75) is 18.9 Å². The Balaban J connectivity index is 2.13. The Labute approximate surface area is 119 Å². The number of rotatable bonds is 4. The Morgan fingerprint density at radius 3 is 2.05 bits per heavy atom. The third kappa shape index (κ3) is 3.06. The highest BCUT2D eigenvalue weighted by Gasteiger charge is 2.26. The molecule has 2 atom stereocenters. The van der Waals surface area contributed by atoms with Crippen molar-refractivity contribution in [1.82, 2.24) is 0 Å². The molecule has 3 nitrogen and oxygen atoms in total. The summed E-state index contributed by atoms with van der Waals surface area (Å²) in [6, 6.07) is 18.9. The summed E-state index contributed by atoms with van der Waals surface area (Å²) in [5, 5.41) is 10.3. The average molecular weight is 269 g/mol. The minimum Gasteiger partial charge on any atom is -0.383 e. The highest BCUT2D eigenvalue weighted by atomic mass is 16.3. The molecule has 2 aromatic rings. The van der Waals surface area contributed by atoms with Gasteiger partial charge in [-0.15, -0.1) is 0 Å². The van der Waals surface area contributed by atoms with Gasteiger partial charge in [0.15, 0.2) is 0 Å². The number of aliphatic hydroxyl groups is 1. The molecule has 104 valence electrons. The van der Waals surface area contributed by atoms with E-state index in [2.05, 4.69) is 0 Å². The lowest BCUT2D eigenvalue weighted by molar-refractivity contribution is -0.127. The molecule has 1 amide bonds. The smallest absolute Gasteiger partial charge is 0.256 e. The van der Waals surface area contributed by atoms with Gasteiger partial charge in [0.2, 0.25) is 0 Å². The van der Waals surface area contributed by atoms with Crippen LogP contribution in [0.5, 0.6) is 0 Å². The van der Waals surface area contributed by atoms with Gasteiger partial charge in [0.05, 0.1) is 0 Å². The van der Waals surface area contributed by atoms with Crippen molar-refractivity contribution < 1.29 is 9.90 Å². The summed E-state index contributed by atoms with van der Waals surface area (Å²) in [6.07, 6.45) is -1.05. The summed E-state index contributed by atoms with van der Waals surface area (Å²) in [5.74, 6) is -0.539. The van der Waals surface area contributed by atoms with Gasteiger partial charge in [0.25, 0.3) is 5.91 Å². The van der Waals surface area contributed by atoms with Crippen LogP contribution >= 0.6 is 0 Å². The zero-order valence-electron chi connectivity index (χ0n) is 11.7. The first-order chi connectivity index (χ1) is 9.61. The predicted molar refractivity (Wildman–Crippen MR) is 80.7 cm³/mol. The van der Waals surface area contributed by atoms with Crippen molar-refractivity contribution in [2.24, 2.45) is 0 Å². The molecule has 0 bridgehead atoms. The van der Waals surface area contributed by atoms with Crippen molar-refractivity contribution in [3.8, 4) is 0 Å². The van der Waals surface area contributed by atoms with Crippen LogP contribution in [0.2, 0.25) is 0 Å². The summed E-state index contributed by atoms with van der Waals surface area (Å²) in [7, 11) is 1.68. The third-order valence-electron chi connectivity index (χ3n) is 3.53. The van der Waals surface area contributed by atoms with Crippen molar-refractivity contribution in [1.29, 1.82) is 0 Å². The minimum absolute atomic E-state index is 0.241. The summed E-state index contributed by atoms with van der Waals surface area (Å²) >= 11 is 0. The van der Waals surface area contributed by atoms with Crippen LogP contribution < -0.4 is 4.90 Å². The van der Waals surface area contributed by atoms with Crippen LogP contribution in [0.1, 0.15) is 18.4 Å². The van der Waals surface area contributed by atoms with E-state index < -0.39 is 6.10 Å². The number of likely N-dealkylation sites (N-methyl/N-ethyl adjacent to an activating group) is 1. The second-order valence-electron chi connectivity index (χ2n) is 4.88. The Kier molecular flexibility index (Phi) is 4.53. The third-order valence-corrected chi connectivity index (χ3v) is 3.53. The van der Waals surface area contributed by atoms with Crippen LogP contribution in [-0.4, -0.2) is 24.2 Å². The number of benzene rings is 2. The van der Waals surface area contributed by atoms with E-state index in [9.17, 15) is 9.90 Å². The maximum Gasteiger partial charge on any atom is 0.256 e. The van der Waals surface area contributed by atoms with E-state index in [1.54, 1.807) is 7.05 Å². The van der Waals surface area contributed by atoms with E-state index in [0.717, 1.165) is 11.3 Å². The molecule has 0 aliphatic rings. The molecule has 0 saturated carbocycles. The zero-order chi connectivity index (χ0) is 14.5. The van der Waals surface area contributed by atoms with E-state index >= 15 is 0 Å². The van der Waals surface area contributed by atoms with E-state index in [4.69, 9.17) is 0 Å². The number of para-hydroxylation sites is 1. The fourth-order valence-corrected chi connectivity index (χ4v) is 2.13. The first-order valence-electron chi connectivity index (χ1n) is 6.67. The molecule has 0 aliphatic carbocycles. The van der Waals surface area contributed by atoms with Gasteiger partial charge in [0, 0.05) is 18.7 Å². The molecule has 0 aliphatic heterocycles. The number of hydrogen-bond acceptors (Lipinski definition) is 2. The molecule has 0 fully saturated rings. The molecular weight excluding hydrogens is 250 g/mol. The van der Waals surface area contributed by atoms with E-state index in [0.29, 0.717) is 0 Å². The van der Waals surface area contributed by atoms with Crippen molar-refractivity contribution >= 4 is 11.6 Å². The van der Waals surface area contributed by atoms with Gasteiger partial charge in [-0.25, -0.2) is 0 Å². The molecule has 1 N–H and O–H groups in total. The fraction of sp³-hybridized carbons (Fsp3) is 0.235. The van der Waals surface area contributed by atoms with Gasteiger partial charge >= 0.3 is 0 Å². The molecule has 0 heterocycles. The lowest BCUT2D eigenvalue weighted by Crippen LogP contribution is -2.39. The number of amides is 1. The van der Waals surface area contributed by atoms with Crippen LogP contribution in [0.25, 0.3) is 0 Å². The van der Waals surface area contributed by atoms with Crippen molar-refractivity contribution in [3.63, 3.8) is 0 Å². The second kappa shape index (κ2) is 6.35. The summed E-state index contributed by atoms with van der Waals surface area (Å²) in [5.41, 5.74) is 1.73. The fourth-order valence-electron chi connectivity index (χ4n) is 2.13. The molecular formula is C17H19NO2. The first kappa shape index (κ1) is 14.3. The topological polar surface area (TPSA) is 40.5 Å². The number of carbonyl (C=O) groups excluding carboxylic acids is 1. The van der Waals surface area contributed by atoms with E-state index in [1.807, 2.05) is 67.6 Å². The molecule has 0 aromatic heterocycles.